The number of hydrogen-bond acceptors (Lipinski definition) is 4. The Hall–Kier alpha value is -2.34. The van der Waals surface area contributed by atoms with Crippen molar-refractivity contribution in [3.05, 3.63) is 69.8 Å². The molecule has 144 valence electrons. The monoisotopic (exact) mass is 441 g/mol. The molecular formula is C22H20BrNO4. The smallest absolute Gasteiger partial charge is 0.290 e. The fraction of sp³-hybridized carbons (Fsp3) is 0.364. The second-order valence-corrected chi connectivity index (χ2v) is 8.54. The van der Waals surface area contributed by atoms with E-state index in [1.54, 1.807) is 17.2 Å². The highest BCUT2D eigenvalue weighted by atomic mass is 79.9. The summed E-state index contributed by atoms with van der Waals surface area (Å²) >= 11 is 3.46. The summed E-state index contributed by atoms with van der Waals surface area (Å²) in [5.74, 6) is 0.639. The summed E-state index contributed by atoms with van der Waals surface area (Å²) in [6.45, 7) is 0.297. The molecule has 3 aliphatic rings. The molecule has 5 rings (SSSR count). The molecule has 1 amide bonds. The first kappa shape index (κ1) is 17.7. The maximum Gasteiger partial charge on any atom is 0.290 e. The van der Waals surface area contributed by atoms with E-state index in [1.165, 1.54) is 0 Å². The Morgan fingerprint density at radius 3 is 2.61 bits per heavy atom. The molecule has 2 aliphatic heterocycles. The lowest BCUT2D eigenvalue weighted by molar-refractivity contribution is -0.135. The molecule has 3 unspecified atom stereocenters. The average Bonchev–Trinajstić information content (AvgIpc) is 3.31. The fourth-order valence-electron chi connectivity index (χ4n) is 4.62. The molecule has 1 aliphatic carbocycles. The minimum absolute atomic E-state index is 0.0779. The Balaban J connectivity index is 1.59. The zero-order chi connectivity index (χ0) is 19.3. The maximum absolute atomic E-state index is 13.4. The third-order valence-electron chi connectivity index (χ3n) is 5.95. The van der Waals surface area contributed by atoms with Gasteiger partial charge in [-0.25, -0.2) is 0 Å². The summed E-state index contributed by atoms with van der Waals surface area (Å²) in [6.07, 6.45) is 5.16. The van der Waals surface area contributed by atoms with E-state index >= 15 is 0 Å². The lowest BCUT2D eigenvalue weighted by Crippen LogP contribution is -2.39. The van der Waals surface area contributed by atoms with Crippen molar-refractivity contribution < 1.29 is 18.7 Å². The first-order chi connectivity index (χ1) is 13.6. The number of furan rings is 1. The number of Topliss-reactive ketones (excluding diaryl/α,β-unsaturated/α-hetero) is 1. The summed E-state index contributed by atoms with van der Waals surface area (Å²) < 4.78 is 12.6. The van der Waals surface area contributed by atoms with Gasteiger partial charge in [-0.1, -0.05) is 34.5 Å². The number of halogens is 1. The predicted molar refractivity (Wildman–Crippen MR) is 105 cm³/mol. The minimum Gasteiger partial charge on any atom is -0.483 e. The van der Waals surface area contributed by atoms with Crippen LogP contribution in [-0.4, -0.2) is 22.7 Å². The van der Waals surface area contributed by atoms with Crippen molar-refractivity contribution in [2.75, 3.05) is 0 Å². The number of nitrogens with zero attached hydrogens (tertiary/aromatic N) is 1. The number of carbonyl (C=O) groups excluding carboxylic acids is 2. The van der Waals surface area contributed by atoms with Crippen LogP contribution in [0.3, 0.4) is 0 Å². The minimum atomic E-state index is -0.448. The number of benzene rings is 1. The van der Waals surface area contributed by atoms with Crippen molar-refractivity contribution in [3.63, 3.8) is 0 Å². The van der Waals surface area contributed by atoms with Crippen LogP contribution in [-0.2, 0) is 20.9 Å². The maximum atomic E-state index is 13.4. The molecule has 0 spiro atoms. The van der Waals surface area contributed by atoms with Gasteiger partial charge < -0.3 is 14.1 Å². The van der Waals surface area contributed by atoms with Crippen LogP contribution in [0.15, 0.2) is 62.9 Å². The zero-order valence-electron chi connectivity index (χ0n) is 15.3. The lowest BCUT2D eigenvalue weighted by Gasteiger charge is -2.35. The van der Waals surface area contributed by atoms with Crippen LogP contribution in [0.2, 0.25) is 0 Å². The summed E-state index contributed by atoms with van der Waals surface area (Å²) in [5, 5.41) is 0. The van der Waals surface area contributed by atoms with Gasteiger partial charge in [0.2, 0.25) is 0 Å². The van der Waals surface area contributed by atoms with E-state index in [-0.39, 0.29) is 29.5 Å². The second-order valence-electron chi connectivity index (χ2n) is 7.62. The molecule has 28 heavy (non-hydrogen) atoms. The van der Waals surface area contributed by atoms with E-state index in [9.17, 15) is 9.59 Å². The molecule has 5 nitrogen and oxygen atoms in total. The number of ether oxygens (including phenoxy) is 1. The summed E-state index contributed by atoms with van der Waals surface area (Å²) in [7, 11) is 0. The molecule has 0 radical (unpaired) electrons. The van der Waals surface area contributed by atoms with Crippen LogP contribution < -0.4 is 0 Å². The van der Waals surface area contributed by atoms with Crippen LogP contribution in [0.4, 0.5) is 0 Å². The molecule has 6 heteroatoms. The number of rotatable bonds is 3. The molecule has 1 fully saturated rings. The van der Waals surface area contributed by atoms with Crippen LogP contribution in [0.5, 0.6) is 0 Å². The Bertz CT molecular complexity index is 947. The summed E-state index contributed by atoms with van der Waals surface area (Å²) in [6, 6.07) is 11.0. The zero-order valence-corrected chi connectivity index (χ0v) is 16.9. The number of hydrogen-bond donors (Lipinski definition) is 0. The molecule has 2 aromatic rings. The van der Waals surface area contributed by atoms with Gasteiger partial charge in [-0.05, 0) is 49.1 Å². The van der Waals surface area contributed by atoms with Gasteiger partial charge in [0.15, 0.2) is 11.5 Å². The largest absolute Gasteiger partial charge is 0.483 e. The molecule has 0 saturated heterocycles. The fourth-order valence-corrected chi connectivity index (χ4v) is 4.88. The van der Waals surface area contributed by atoms with Gasteiger partial charge in [0.1, 0.15) is 11.9 Å². The predicted octanol–water partition coefficient (Wildman–Crippen LogP) is 4.54. The van der Waals surface area contributed by atoms with Crippen molar-refractivity contribution >= 4 is 27.6 Å². The Morgan fingerprint density at radius 1 is 1.07 bits per heavy atom. The normalized spacial score (nSPS) is 26.9. The van der Waals surface area contributed by atoms with Gasteiger partial charge >= 0.3 is 0 Å². The highest BCUT2D eigenvalue weighted by Gasteiger charge is 2.51. The first-order valence-corrected chi connectivity index (χ1v) is 10.5. The van der Waals surface area contributed by atoms with E-state index in [0.717, 1.165) is 35.7 Å². The number of ketones is 1. The van der Waals surface area contributed by atoms with E-state index in [1.807, 2.05) is 30.3 Å². The van der Waals surface area contributed by atoms with Crippen LogP contribution in [0.1, 0.15) is 43.0 Å². The van der Waals surface area contributed by atoms with Crippen LogP contribution in [0.25, 0.3) is 0 Å². The van der Waals surface area contributed by atoms with Crippen molar-refractivity contribution in [1.82, 2.24) is 4.90 Å². The number of amides is 1. The van der Waals surface area contributed by atoms with Crippen molar-refractivity contribution in [2.24, 2.45) is 5.92 Å². The number of fused-ring (bicyclic) bond motifs is 1. The Labute approximate surface area is 171 Å². The standard InChI is InChI=1S/C22H20BrNO4/c23-14-9-7-13(8-10-14)19-18-20(25)16-5-1-2-6-17(16)28-21(18)22(26)24(19)12-15-4-3-11-27-15/h3-4,7-11,16-17,19H,1-2,5-6,12H2. The third kappa shape index (κ3) is 2.82. The molecule has 0 N–H and O–H groups in total. The van der Waals surface area contributed by atoms with Gasteiger partial charge in [-0.2, -0.15) is 0 Å². The molecule has 3 heterocycles. The quantitative estimate of drug-likeness (QED) is 0.701. The molecule has 3 atom stereocenters. The van der Waals surface area contributed by atoms with E-state index in [4.69, 9.17) is 9.15 Å². The molecule has 0 bridgehead atoms. The summed E-state index contributed by atoms with van der Waals surface area (Å²) in [5.41, 5.74) is 1.42. The third-order valence-corrected chi connectivity index (χ3v) is 6.48. The van der Waals surface area contributed by atoms with Crippen LogP contribution >= 0.6 is 15.9 Å². The van der Waals surface area contributed by atoms with Gasteiger partial charge in [-0.3, -0.25) is 9.59 Å². The molecule has 1 aromatic carbocycles. The van der Waals surface area contributed by atoms with Gasteiger partial charge in [0.05, 0.1) is 30.3 Å². The van der Waals surface area contributed by atoms with Gasteiger partial charge in [-0.15, -0.1) is 0 Å². The molecular weight excluding hydrogens is 422 g/mol. The average molecular weight is 442 g/mol. The Morgan fingerprint density at radius 2 is 1.86 bits per heavy atom. The summed E-state index contributed by atoms with van der Waals surface area (Å²) in [4.78, 5) is 28.4. The van der Waals surface area contributed by atoms with E-state index in [2.05, 4.69) is 15.9 Å². The van der Waals surface area contributed by atoms with Gasteiger partial charge in [0.25, 0.3) is 5.91 Å². The Kier molecular flexibility index (Phi) is 4.38. The van der Waals surface area contributed by atoms with E-state index < -0.39 is 6.04 Å². The van der Waals surface area contributed by atoms with Crippen molar-refractivity contribution in [1.29, 1.82) is 0 Å². The molecule has 1 aromatic heterocycles. The number of carbonyl (C=O) groups is 2. The van der Waals surface area contributed by atoms with Crippen molar-refractivity contribution in [2.45, 2.75) is 44.4 Å². The second kappa shape index (κ2) is 6.92. The highest BCUT2D eigenvalue weighted by Crippen LogP contribution is 2.47. The first-order valence-electron chi connectivity index (χ1n) is 9.67. The molecule has 1 saturated carbocycles. The van der Waals surface area contributed by atoms with E-state index in [0.29, 0.717) is 17.9 Å². The SMILES string of the molecule is O=C1C2=C(OC3CCCCC13)C(=O)N(Cc1ccco1)C2c1ccc(Br)cc1. The highest BCUT2D eigenvalue weighted by molar-refractivity contribution is 9.10. The van der Waals surface area contributed by atoms with Crippen LogP contribution in [0, 0.1) is 5.92 Å². The topological polar surface area (TPSA) is 59.8 Å². The van der Waals surface area contributed by atoms with Gasteiger partial charge in [0, 0.05) is 4.47 Å². The van der Waals surface area contributed by atoms with Crippen molar-refractivity contribution in [3.8, 4) is 0 Å². The lowest BCUT2D eigenvalue weighted by atomic mass is 9.77.